The van der Waals surface area contributed by atoms with Crippen molar-refractivity contribution in [1.29, 1.82) is 21.0 Å². The SMILES string of the molecule is N#Cc1nc2c(nc1C#N)N(c1ccc(Br)cc1)c1nc(C#N)c(C#N)nc1N2c1ccc(Br)cc1. The molecule has 10 nitrogen and oxygen atoms in total. The van der Waals surface area contributed by atoms with Crippen LogP contribution in [-0.4, -0.2) is 19.9 Å². The van der Waals surface area contributed by atoms with Crippen LogP contribution >= 0.6 is 31.9 Å². The minimum atomic E-state index is -0.167. The summed E-state index contributed by atoms with van der Waals surface area (Å²) < 4.78 is 1.65. The highest BCUT2D eigenvalue weighted by molar-refractivity contribution is 9.10. The van der Waals surface area contributed by atoms with Crippen LogP contribution < -0.4 is 9.80 Å². The van der Waals surface area contributed by atoms with E-state index >= 15 is 0 Å². The quantitative estimate of drug-likeness (QED) is 0.254. The zero-order chi connectivity index (χ0) is 25.4. The van der Waals surface area contributed by atoms with Crippen LogP contribution in [0.2, 0.25) is 0 Å². The van der Waals surface area contributed by atoms with Crippen LogP contribution in [0.15, 0.2) is 57.5 Å². The molecule has 0 fully saturated rings. The number of hydrogen-bond acceptors (Lipinski definition) is 10. The Morgan fingerprint density at radius 2 is 0.722 bits per heavy atom. The van der Waals surface area contributed by atoms with E-state index in [2.05, 4.69) is 51.8 Å². The van der Waals surface area contributed by atoms with E-state index in [-0.39, 0.29) is 46.0 Å². The summed E-state index contributed by atoms with van der Waals surface area (Å²) in [6.45, 7) is 0. The van der Waals surface area contributed by atoms with Gasteiger partial charge in [-0.25, -0.2) is 19.9 Å². The van der Waals surface area contributed by atoms with Crippen molar-refractivity contribution >= 4 is 66.5 Å². The topological polar surface area (TPSA) is 153 Å². The Morgan fingerprint density at radius 1 is 0.472 bits per heavy atom. The lowest BCUT2D eigenvalue weighted by atomic mass is 10.2. The van der Waals surface area contributed by atoms with Crippen LogP contribution in [0.1, 0.15) is 22.8 Å². The number of halogens is 2. The van der Waals surface area contributed by atoms with Crippen molar-refractivity contribution in [3.63, 3.8) is 0 Å². The van der Waals surface area contributed by atoms with Gasteiger partial charge in [0.1, 0.15) is 24.3 Å². The first-order valence-electron chi connectivity index (χ1n) is 10.0. The average molecular weight is 596 g/mol. The molecular weight excluding hydrogens is 588 g/mol. The monoisotopic (exact) mass is 594 g/mol. The molecule has 4 aromatic rings. The third kappa shape index (κ3) is 3.68. The van der Waals surface area contributed by atoms with Crippen LogP contribution in [0.25, 0.3) is 0 Å². The Bertz CT molecular complexity index is 1490. The molecule has 0 bridgehead atoms. The van der Waals surface area contributed by atoms with Crippen molar-refractivity contribution < 1.29 is 0 Å². The van der Waals surface area contributed by atoms with Gasteiger partial charge in [-0.15, -0.1) is 0 Å². The van der Waals surface area contributed by atoms with Gasteiger partial charge >= 0.3 is 0 Å². The lowest BCUT2D eigenvalue weighted by molar-refractivity contribution is 0.964. The highest BCUT2D eigenvalue weighted by atomic mass is 79.9. The highest BCUT2D eigenvalue weighted by Gasteiger charge is 2.37. The number of aromatic nitrogens is 4. The second-order valence-corrected chi connectivity index (χ2v) is 9.04. The number of nitriles is 4. The molecule has 168 valence electrons. The van der Waals surface area contributed by atoms with Crippen molar-refractivity contribution in [3.8, 4) is 24.3 Å². The van der Waals surface area contributed by atoms with E-state index in [1.807, 2.05) is 24.3 Å². The highest BCUT2D eigenvalue weighted by Crippen LogP contribution is 2.51. The van der Waals surface area contributed by atoms with Gasteiger partial charge < -0.3 is 0 Å². The van der Waals surface area contributed by atoms with E-state index in [4.69, 9.17) is 0 Å². The van der Waals surface area contributed by atoms with Crippen LogP contribution in [0.4, 0.5) is 34.6 Å². The summed E-state index contributed by atoms with van der Waals surface area (Å²) in [5.74, 6) is 0.801. The fourth-order valence-corrected chi connectivity index (χ4v) is 4.15. The Labute approximate surface area is 221 Å². The molecule has 1 aliphatic rings. The van der Waals surface area contributed by atoms with Crippen LogP contribution in [0.3, 0.4) is 0 Å². The molecule has 2 aromatic carbocycles. The summed E-state index contributed by atoms with van der Waals surface area (Å²) in [5, 5.41) is 38.6. The first kappa shape index (κ1) is 22.9. The molecule has 0 unspecified atom stereocenters. The van der Waals surface area contributed by atoms with Gasteiger partial charge in [0.15, 0.2) is 46.0 Å². The Hall–Kier alpha value is -4.88. The molecule has 0 aliphatic carbocycles. The summed E-state index contributed by atoms with van der Waals surface area (Å²) in [7, 11) is 0. The lowest BCUT2D eigenvalue weighted by Gasteiger charge is -2.36. The van der Waals surface area contributed by atoms with E-state index in [0.717, 1.165) is 8.95 Å². The fraction of sp³-hybridized carbons (Fsp3) is 0. The number of rotatable bonds is 2. The lowest BCUT2D eigenvalue weighted by Crippen LogP contribution is -2.29. The smallest absolute Gasteiger partial charge is 0.184 e. The predicted molar refractivity (Wildman–Crippen MR) is 135 cm³/mol. The van der Waals surface area contributed by atoms with Gasteiger partial charge in [-0.3, -0.25) is 9.80 Å². The van der Waals surface area contributed by atoms with E-state index in [9.17, 15) is 21.0 Å². The van der Waals surface area contributed by atoms with Crippen molar-refractivity contribution in [3.05, 3.63) is 80.3 Å². The molecule has 0 saturated carbocycles. The summed E-state index contributed by atoms with van der Waals surface area (Å²) >= 11 is 6.84. The summed E-state index contributed by atoms with van der Waals surface area (Å²) in [6, 6.07) is 22.0. The molecule has 36 heavy (non-hydrogen) atoms. The maximum atomic E-state index is 9.65. The van der Waals surface area contributed by atoms with Crippen molar-refractivity contribution in [1.82, 2.24) is 19.9 Å². The average Bonchev–Trinajstić information content (AvgIpc) is 2.91. The normalized spacial score (nSPS) is 11.4. The first-order valence-corrected chi connectivity index (χ1v) is 11.6. The first-order chi connectivity index (χ1) is 17.5. The van der Waals surface area contributed by atoms with Gasteiger partial charge in [0.25, 0.3) is 0 Å². The van der Waals surface area contributed by atoms with Gasteiger partial charge in [-0.2, -0.15) is 21.0 Å². The second-order valence-electron chi connectivity index (χ2n) is 7.21. The molecule has 0 N–H and O–H groups in total. The van der Waals surface area contributed by atoms with Gasteiger partial charge in [0, 0.05) is 20.3 Å². The zero-order valence-electron chi connectivity index (χ0n) is 17.8. The largest absolute Gasteiger partial charge is 0.273 e. The van der Waals surface area contributed by atoms with Gasteiger partial charge in [-0.05, 0) is 48.5 Å². The minimum Gasteiger partial charge on any atom is -0.273 e. The molecule has 5 rings (SSSR count). The van der Waals surface area contributed by atoms with E-state index in [1.54, 1.807) is 58.3 Å². The molecule has 0 saturated heterocycles. The summed E-state index contributed by atoms with van der Waals surface area (Å²) in [4.78, 5) is 21.1. The molecule has 3 heterocycles. The number of hydrogen-bond donors (Lipinski definition) is 0. The Kier molecular flexibility index (Phi) is 5.76. The van der Waals surface area contributed by atoms with Crippen molar-refractivity contribution in [2.24, 2.45) is 0 Å². The number of nitrogens with zero attached hydrogens (tertiary/aromatic N) is 10. The number of fused-ring (bicyclic) bond motifs is 2. The molecule has 0 radical (unpaired) electrons. The van der Waals surface area contributed by atoms with Crippen molar-refractivity contribution in [2.45, 2.75) is 0 Å². The molecular formula is C24H8Br2N10. The van der Waals surface area contributed by atoms with Gasteiger partial charge in [-0.1, -0.05) is 31.9 Å². The van der Waals surface area contributed by atoms with Crippen molar-refractivity contribution in [2.75, 3.05) is 9.80 Å². The Morgan fingerprint density at radius 3 is 0.944 bits per heavy atom. The third-order valence-electron chi connectivity index (χ3n) is 5.16. The van der Waals surface area contributed by atoms with Gasteiger partial charge in [0.05, 0.1) is 0 Å². The number of anilines is 6. The van der Waals surface area contributed by atoms with Gasteiger partial charge in [0.2, 0.25) is 0 Å². The van der Waals surface area contributed by atoms with E-state index < -0.39 is 0 Å². The standard InChI is InChI=1S/C24H8Br2N10/c25-13-1-5-15(6-2-13)35-21-23(33-19(11-29)17(9-27)31-21)36(16-7-3-14(26)4-8-16)24-22(35)32-18(10-28)20(12-30)34-24/h1-8H. The maximum absolute atomic E-state index is 9.65. The third-order valence-corrected chi connectivity index (χ3v) is 6.22. The zero-order valence-corrected chi connectivity index (χ0v) is 21.0. The van der Waals surface area contributed by atoms with E-state index in [1.165, 1.54) is 0 Å². The Balaban J connectivity index is 1.92. The molecule has 12 heteroatoms. The minimum absolute atomic E-state index is 0.167. The molecule has 0 atom stereocenters. The van der Waals surface area contributed by atoms with Crippen LogP contribution in [-0.2, 0) is 0 Å². The summed E-state index contributed by atoms with van der Waals surface area (Å²) in [6.07, 6.45) is 0. The van der Waals surface area contributed by atoms with Crippen LogP contribution in [0.5, 0.6) is 0 Å². The molecule has 2 aromatic heterocycles. The van der Waals surface area contributed by atoms with Crippen LogP contribution in [0, 0.1) is 45.3 Å². The second kappa shape index (κ2) is 9.05. The molecule has 1 aliphatic heterocycles. The van der Waals surface area contributed by atoms with E-state index in [0.29, 0.717) is 11.4 Å². The summed E-state index contributed by atoms with van der Waals surface area (Å²) in [5.41, 5.74) is 0.502. The predicted octanol–water partition coefficient (Wildman–Crippen LogP) is 5.53. The fourth-order valence-electron chi connectivity index (χ4n) is 3.62. The molecule has 0 spiro atoms. The maximum Gasteiger partial charge on any atom is 0.184 e. The molecule has 0 amide bonds. The number of benzene rings is 2.